The number of nitrogens with zero attached hydrogens (tertiary/aromatic N) is 4. The predicted octanol–water partition coefficient (Wildman–Crippen LogP) is 11.4. The molecule has 1 aromatic heterocycles. The van der Waals surface area contributed by atoms with Gasteiger partial charge in [-0.3, -0.25) is 4.90 Å². The molecule has 236 valence electrons. The average Bonchev–Trinajstić information content (AvgIpc) is 3.19. The molecule has 0 N–H and O–H groups in total. The monoisotopic (exact) mass is 660 g/mol. The molecular weight excluding hydrogens is 633 g/mol. The summed E-state index contributed by atoms with van der Waals surface area (Å²) in [4.78, 5) is 16.4. The molecule has 0 fully saturated rings. The minimum Gasteiger partial charge on any atom is -0.308 e. The first-order chi connectivity index (χ1) is 24.7. The lowest BCUT2D eigenvalue weighted by Crippen LogP contribution is -2.24. The smallest absolute Gasteiger partial charge is 0.162 e. The lowest BCUT2D eigenvalue weighted by atomic mass is 9.90. The summed E-state index contributed by atoms with van der Waals surface area (Å²) in [5, 5.41) is 2.26. The summed E-state index contributed by atoms with van der Waals surface area (Å²) < 4.78 is 15.1. The van der Waals surface area contributed by atoms with Crippen LogP contribution in [0.5, 0.6) is 0 Å². The molecule has 3 heterocycles. The van der Waals surface area contributed by atoms with Crippen molar-refractivity contribution in [1.82, 2.24) is 9.97 Å². The Kier molecular flexibility index (Phi) is 6.51. The van der Waals surface area contributed by atoms with Gasteiger partial charge in [0.2, 0.25) is 0 Å². The third-order valence-corrected chi connectivity index (χ3v) is 11.1. The summed E-state index contributed by atoms with van der Waals surface area (Å²) in [5.74, 6) is 1.33. The molecule has 0 radical (unpaired) electrons. The van der Waals surface area contributed by atoms with E-state index in [4.69, 9.17) is 9.97 Å². The van der Waals surface area contributed by atoms with E-state index in [2.05, 4.69) is 94.7 Å². The number of anilines is 6. The zero-order chi connectivity index (χ0) is 33.2. The maximum Gasteiger partial charge on any atom is 0.162 e. The molecule has 2 aliphatic heterocycles. The summed E-state index contributed by atoms with van der Waals surface area (Å²) in [6.45, 7) is 0. The molecule has 8 aromatic rings. The van der Waals surface area contributed by atoms with Crippen molar-refractivity contribution in [3.8, 4) is 33.8 Å². The quantitative estimate of drug-likeness (QED) is 0.188. The van der Waals surface area contributed by atoms with E-state index in [1.54, 1.807) is 0 Å². The van der Waals surface area contributed by atoms with Crippen molar-refractivity contribution >= 4 is 55.8 Å². The first-order valence-corrected chi connectivity index (χ1v) is 17.7. The van der Waals surface area contributed by atoms with Gasteiger partial charge in [0.25, 0.3) is 0 Å². The first kappa shape index (κ1) is 28.6. The molecule has 1 unspecified atom stereocenters. The summed E-state index contributed by atoms with van der Waals surface area (Å²) in [7, 11) is -1.50. The van der Waals surface area contributed by atoms with Crippen LogP contribution in [0.1, 0.15) is 0 Å². The van der Waals surface area contributed by atoms with Crippen LogP contribution in [0, 0.1) is 0 Å². The van der Waals surface area contributed by atoms with Gasteiger partial charge in [0.1, 0.15) is 5.82 Å². The van der Waals surface area contributed by atoms with Crippen LogP contribution < -0.4 is 9.80 Å². The molecule has 2 aliphatic rings. The summed E-state index contributed by atoms with van der Waals surface area (Å²) in [5.41, 5.74) is 9.48. The zero-order valence-corrected chi connectivity index (χ0v) is 27.6. The number of benzene rings is 7. The Bertz CT molecular complexity index is 2560. The summed E-state index contributed by atoms with van der Waals surface area (Å²) in [6.07, 6.45) is 0. The fourth-order valence-corrected chi connectivity index (χ4v) is 8.86. The Morgan fingerprint density at radius 1 is 0.500 bits per heavy atom. The van der Waals surface area contributed by atoms with Gasteiger partial charge in [-0.25, -0.2) is 14.2 Å². The minimum atomic E-state index is -1.50. The van der Waals surface area contributed by atoms with Crippen LogP contribution in [-0.2, 0) is 10.8 Å². The molecule has 5 nitrogen and oxygen atoms in total. The van der Waals surface area contributed by atoms with Crippen molar-refractivity contribution in [3.05, 3.63) is 170 Å². The highest BCUT2D eigenvalue weighted by Crippen LogP contribution is 2.58. The zero-order valence-electron chi connectivity index (χ0n) is 26.8. The molecule has 0 bridgehead atoms. The first-order valence-electron chi connectivity index (χ1n) is 16.6. The molecule has 10 rings (SSSR count). The second-order valence-electron chi connectivity index (χ2n) is 12.4. The van der Waals surface area contributed by atoms with Crippen molar-refractivity contribution in [2.24, 2.45) is 0 Å². The highest BCUT2D eigenvalue weighted by molar-refractivity contribution is 7.85. The highest BCUT2D eigenvalue weighted by Gasteiger charge is 2.38. The average molecular weight is 661 g/mol. The number of hydrogen-bond acceptors (Lipinski definition) is 5. The van der Waals surface area contributed by atoms with Crippen LogP contribution in [-0.4, -0.2) is 14.2 Å². The Morgan fingerprint density at radius 2 is 1.16 bits per heavy atom. The minimum absolute atomic E-state index is 0.622. The van der Waals surface area contributed by atoms with Gasteiger partial charge in [0, 0.05) is 33.8 Å². The maximum atomic E-state index is 15.1. The van der Waals surface area contributed by atoms with Gasteiger partial charge in [-0.2, -0.15) is 0 Å². The molecule has 0 saturated heterocycles. The fourth-order valence-electron chi connectivity index (χ4n) is 7.36. The van der Waals surface area contributed by atoms with Crippen molar-refractivity contribution in [2.45, 2.75) is 9.79 Å². The largest absolute Gasteiger partial charge is 0.308 e. The number of aromatic nitrogens is 2. The number of para-hydroxylation sites is 2. The summed E-state index contributed by atoms with van der Waals surface area (Å²) >= 11 is 0. The molecule has 0 spiro atoms. The number of hydrogen-bond donors (Lipinski definition) is 0. The van der Waals surface area contributed by atoms with Gasteiger partial charge in [-0.05, 0) is 47.3 Å². The van der Waals surface area contributed by atoms with E-state index in [0.29, 0.717) is 11.6 Å². The second kappa shape index (κ2) is 11.4. The van der Waals surface area contributed by atoms with E-state index < -0.39 is 10.8 Å². The molecule has 7 aromatic carbocycles. The molecule has 1 atom stereocenters. The SMILES string of the molecule is O=S1c2ccccc2N(c2ccccc2)c2ccc3c(c21)N(c1cc(-c2ccccc2)nc(-c2ccccc2)n1)c1cccc2cccc-3c12. The normalized spacial score (nSPS) is 14.2. The van der Waals surface area contributed by atoms with Crippen LogP contribution >= 0.6 is 0 Å². The molecular formula is C44H28N4OS. The lowest BCUT2D eigenvalue weighted by molar-refractivity contribution is 0.682. The van der Waals surface area contributed by atoms with Gasteiger partial charge in [-0.1, -0.05) is 127 Å². The van der Waals surface area contributed by atoms with Gasteiger partial charge >= 0.3 is 0 Å². The van der Waals surface area contributed by atoms with Gasteiger partial charge < -0.3 is 4.90 Å². The fraction of sp³-hybridized carbons (Fsp3) is 0. The van der Waals surface area contributed by atoms with Crippen LogP contribution in [0.15, 0.2) is 180 Å². The highest BCUT2D eigenvalue weighted by atomic mass is 32.2. The van der Waals surface area contributed by atoms with E-state index in [1.807, 2.05) is 84.9 Å². The second-order valence-corrected chi connectivity index (χ2v) is 13.8. The number of rotatable bonds is 4. The van der Waals surface area contributed by atoms with E-state index in [0.717, 1.165) is 76.9 Å². The van der Waals surface area contributed by atoms with Crippen molar-refractivity contribution in [2.75, 3.05) is 9.80 Å². The van der Waals surface area contributed by atoms with Crippen molar-refractivity contribution < 1.29 is 4.21 Å². The van der Waals surface area contributed by atoms with Gasteiger partial charge in [0.15, 0.2) is 5.82 Å². The Hall–Kier alpha value is -6.37. The maximum absolute atomic E-state index is 15.1. The lowest BCUT2D eigenvalue weighted by Gasteiger charge is -2.39. The number of fused-ring (bicyclic) bond motifs is 5. The third-order valence-electron chi connectivity index (χ3n) is 9.54. The van der Waals surface area contributed by atoms with E-state index in [9.17, 15) is 0 Å². The van der Waals surface area contributed by atoms with Crippen LogP contribution in [0.2, 0.25) is 0 Å². The Labute approximate surface area is 292 Å². The van der Waals surface area contributed by atoms with Crippen LogP contribution in [0.25, 0.3) is 44.5 Å². The van der Waals surface area contributed by atoms with Crippen molar-refractivity contribution in [3.63, 3.8) is 0 Å². The summed E-state index contributed by atoms with van der Waals surface area (Å²) in [6, 6.07) is 57.9. The molecule has 0 aliphatic carbocycles. The van der Waals surface area contributed by atoms with Gasteiger partial charge in [0.05, 0.1) is 49.0 Å². The van der Waals surface area contributed by atoms with E-state index >= 15 is 4.21 Å². The predicted molar refractivity (Wildman–Crippen MR) is 203 cm³/mol. The Morgan fingerprint density at radius 3 is 1.94 bits per heavy atom. The van der Waals surface area contributed by atoms with E-state index in [1.165, 1.54) is 0 Å². The van der Waals surface area contributed by atoms with E-state index in [-0.39, 0.29) is 0 Å². The van der Waals surface area contributed by atoms with Crippen LogP contribution in [0.3, 0.4) is 0 Å². The van der Waals surface area contributed by atoms with Gasteiger partial charge in [-0.15, -0.1) is 0 Å². The topological polar surface area (TPSA) is 49.3 Å². The van der Waals surface area contributed by atoms with Crippen molar-refractivity contribution in [1.29, 1.82) is 0 Å². The Balaban J connectivity index is 1.32. The molecule has 0 amide bonds. The molecule has 50 heavy (non-hydrogen) atoms. The molecule has 6 heteroatoms. The third kappa shape index (κ3) is 4.35. The van der Waals surface area contributed by atoms with Crippen LogP contribution in [0.4, 0.5) is 34.3 Å². The molecule has 0 saturated carbocycles. The standard InChI is InChI=1S/C44H28N4OS/c49-50-39-25-11-10-23-36(39)47(32-20-8-3-9-21-32)38-27-26-34-33-22-12-18-30-19-13-24-37(41(30)33)48(42(34)43(38)50)40-28-35(29-14-4-1-5-15-29)45-44(46-40)31-16-6-2-7-17-31/h1-28H.